The molecule has 0 aliphatic heterocycles. The van der Waals surface area contributed by atoms with Crippen LogP contribution in [0.2, 0.25) is 0 Å². The van der Waals surface area contributed by atoms with E-state index in [1.165, 1.54) is 22.5 Å². The lowest BCUT2D eigenvalue weighted by atomic mass is 9.88. The second-order valence-corrected chi connectivity index (χ2v) is 5.94. The second-order valence-electron chi connectivity index (χ2n) is 4.27. The number of nitrogens with zero attached hydrogens (tertiary/aromatic N) is 1. The van der Waals surface area contributed by atoms with Crippen LogP contribution in [0.25, 0.3) is 0 Å². The molecule has 0 fully saturated rings. The van der Waals surface area contributed by atoms with E-state index in [9.17, 15) is 0 Å². The number of hydrogen-bond acceptors (Lipinski definition) is 4. The normalized spacial score (nSPS) is 18.7. The van der Waals surface area contributed by atoms with Gasteiger partial charge in [0.2, 0.25) is 5.13 Å². The van der Waals surface area contributed by atoms with E-state index < -0.39 is 0 Å². The molecular formula is C12H13N3S2. The Hall–Kier alpha value is -1.20. The fraction of sp³-hybridized carbons (Fsp3) is 0.333. The number of aryl methyl sites for hydroxylation is 1. The minimum Gasteiger partial charge on any atom is -0.357 e. The first-order valence-electron chi connectivity index (χ1n) is 5.70. The SMILES string of the molecule is S=c1[nH]nc(NC2CCc3ccccc3C2)s1. The molecule has 88 valence electrons. The predicted octanol–water partition coefficient (Wildman–Crippen LogP) is 3.17. The van der Waals surface area contributed by atoms with Crippen molar-refractivity contribution >= 4 is 28.7 Å². The fourth-order valence-electron chi connectivity index (χ4n) is 2.29. The van der Waals surface area contributed by atoms with Crippen LogP contribution in [0.5, 0.6) is 0 Å². The lowest BCUT2D eigenvalue weighted by molar-refractivity contribution is 0.609. The van der Waals surface area contributed by atoms with Crippen LogP contribution in [0.15, 0.2) is 24.3 Å². The van der Waals surface area contributed by atoms with Gasteiger partial charge in [-0.2, -0.15) is 0 Å². The quantitative estimate of drug-likeness (QED) is 0.818. The Kier molecular flexibility index (Phi) is 2.94. The third-order valence-electron chi connectivity index (χ3n) is 3.11. The molecule has 3 rings (SSSR count). The van der Waals surface area contributed by atoms with Crippen LogP contribution >= 0.6 is 23.6 Å². The van der Waals surface area contributed by atoms with Gasteiger partial charge in [-0.3, -0.25) is 5.10 Å². The zero-order valence-corrected chi connectivity index (χ0v) is 10.9. The summed E-state index contributed by atoms with van der Waals surface area (Å²) in [6.07, 6.45) is 3.37. The summed E-state index contributed by atoms with van der Waals surface area (Å²) in [5, 5.41) is 11.3. The number of fused-ring (bicyclic) bond motifs is 1. The number of benzene rings is 1. The maximum atomic E-state index is 5.02. The van der Waals surface area contributed by atoms with Crippen molar-refractivity contribution in [3.63, 3.8) is 0 Å². The van der Waals surface area contributed by atoms with Crippen LogP contribution < -0.4 is 5.32 Å². The Morgan fingerprint density at radius 1 is 1.35 bits per heavy atom. The minimum absolute atomic E-state index is 0.471. The molecule has 0 radical (unpaired) electrons. The highest BCUT2D eigenvalue weighted by molar-refractivity contribution is 7.73. The van der Waals surface area contributed by atoms with Gasteiger partial charge in [0.15, 0.2) is 3.95 Å². The fourth-order valence-corrected chi connectivity index (χ4v) is 3.15. The number of aromatic nitrogens is 2. The van der Waals surface area contributed by atoms with E-state index >= 15 is 0 Å². The summed E-state index contributed by atoms with van der Waals surface area (Å²) in [6, 6.07) is 9.14. The van der Waals surface area contributed by atoms with E-state index in [0.29, 0.717) is 6.04 Å². The molecule has 0 spiro atoms. The van der Waals surface area contributed by atoms with Gasteiger partial charge in [-0.1, -0.05) is 35.6 Å². The van der Waals surface area contributed by atoms with Gasteiger partial charge in [0.25, 0.3) is 0 Å². The van der Waals surface area contributed by atoms with Crippen LogP contribution in [0.4, 0.5) is 5.13 Å². The topological polar surface area (TPSA) is 40.7 Å². The maximum absolute atomic E-state index is 5.02. The standard InChI is InChI=1S/C12H13N3S2/c16-12-15-14-11(17-12)13-10-6-5-8-3-1-2-4-9(8)7-10/h1-4,10H,5-7H2,(H,13,14)(H,15,16). The highest BCUT2D eigenvalue weighted by atomic mass is 32.1. The van der Waals surface area contributed by atoms with Crippen molar-refractivity contribution < 1.29 is 0 Å². The highest BCUT2D eigenvalue weighted by Gasteiger charge is 2.18. The molecule has 0 saturated carbocycles. The van der Waals surface area contributed by atoms with Gasteiger partial charge in [-0.25, -0.2) is 0 Å². The largest absolute Gasteiger partial charge is 0.357 e. The third-order valence-corrected chi connectivity index (χ3v) is 4.13. The van der Waals surface area contributed by atoms with Crippen molar-refractivity contribution in [2.75, 3.05) is 5.32 Å². The average Bonchev–Trinajstić information content (AvgIpc) is 2.75. The molecule has 2 aromatic rings. The van der Waals surface area contributed by atoms with Gasteiger partial charge >= 0.3 is 0 Å². The van der Waals surface area contributed by atoms with E-state index in [0.717, 1.165) is 28.3 Å². The molecule has 1 aliphatic carbocycles. The van der Waals surface area contributed by atoms with Gasteiger partial charge < -0.3 is 5.32 Å². The van der Waals surface area contributed by atoms with Crippen LogP contribution in [-0.4, -0.2) is 16.2 Å². The minimum atomic E-state index is 0.471. The Balaban J connectivity index is 1.74. The Morgan fingerprint density at radius 2 is 2.18 bits per heavy atom. The predicted molar refractivity (Wildman–Crippen MR) is 73.2 cm³/mol. The molecule has 1 aliphatic rings. The number of rotatable bonds is 2. The summed E-state index contributed by atoms with van der Waals surface area (Å²) < 4.78 is 0.726. The van der Waals surface area contributed by atoms with Crippen molar-refractivity contribution in [1.82, 2.24) is 10.2 Å². The van der Waals surface area contributed by atoms with E-state index in [1.54, 1.807) is 0 Å². The van der Waals surface area contributed by atoms with Crippen LogP contribution in [0, 0.1) is 3.95 Å². The summed E-state index contributed by atoms with van der Waals surface area (Å²) >= 11 is 6.52. The molecule has 5 heteroatoms. The first-order valence-corrected chi connectivity index (χ1v) is 6.92. The summed E-state index contributed by atoms with van der Waals surface area (Å²) in [4.78, 5) is 0. The van der Waals surface area contributed by atoms with Crippen LogP contribution in [0.3, 0.4) is 0 Å². The number of hydrogen-bond donors (Lipinski definition) is 2. The molecule has 1 aromatic carbocycles. The van der Waals surface area contributed by atoms with E-state index in [1.807, 2.05) is 0 Å². The van der Waals surface area contributed by atoms with Gasteiger partial charge in [-0.05, 0) is 42.6 Å². The first-order chi connectivity index (χ1) is 8.31. The highest BCUT2D eigenvalue weighted by Crippen LogP contribution is 2.24. The molecule has 1 heterocycles. The van der Waals surface area contributed by atoms with Gasteiger partial charge in [0.1, 0.15) is 0 Å². The molecule has 0 saturated heterocycles. The second kappa shape index (κ2) is 4.58. The van der Waals surface area contributed by atoms with E-state index in [-0.39, 0.29) is 0 Å². The Morgan fingerprint density at radius 3 is 2.94 bits per heavy atom. The van der Waals surface area contributed by atoms with Crippen molar-refractivity contribution in [3.05, 3.63) is 39.3 Å². The summed E-state index contributed by atoms with van der Waals surface area (Å²) in [5.74, 6) is 0. The smallest absolute Gasteiger partial charge is 0.204 e. The zero-order valence-electron chi connectivity index (χ0n) is 9.27. The maximum Gasteiger partial charge on any atom is 0.204 e. The van der Waals surface area contributed by atoms with Gasteiger partial charge in [0, 0.05) is 6.04 Å². The first kappa shape index (κ1) is 10.9. The van der Waals surface area contributed by atoms with Crippen molar-refractivity contribution in [3.8, 4) is 0 Å². The summed E-state index contributed by atoms with van der Waals surface area (Å²) in [5.41, 5.74) is 2.94. The van der Waals surface area contributed by atoms with E-state index in [4.69, 9.17) is 12.2 Å². The van der Waals surface area contributed by atoms with Crippen LogP contribution in [0.1, 0.15) is 17.5 Å². The number of aromatic amines is 1. The molecule has 1 aromatic heterocycles. The molecule has 3 nitrogen and oxygen atoms in total. The zero-order chi connectivity index (χ0) is 11.7. The van der Waals surface area contributed by atoms with E-state index in [2.05, 4.69) is 39.8 Å². The average molecular weight is 263 g/mol. The lowest BCUT2D eigenvalue weighted by Crippen LogP contribution is -2.27. The third kappa shape index (κ3) is 2.40. The molecule has 1 atom stereocenters. The number of nitrogens with one attached hydrogen (secondary N) is 2. The molecule has 2 N–H and O–H groups in total. The van der Waals surface area contributed by atoms with Crippen molar-refractivity contribution in [2.24, 2.45) is 0 Å². The van der Waals surface area contributed by atoms with Crippen molar-refractivity contribution in [2.45, 2.75) is 25.3 Å². The number of H-pyrrole nitrogens is 1. The summed E-state index contributed by atoms with van der Waals surface area (Å²) in [6.45, 7) is 0. The molecule has 0 amide bonds. The molecule has 0 bridgehead atoms. The molecular weight excluding hydrogens is 250 g/mol. The monoisotopic (exact) mass is 263 g/mol. The molecule has 17 heavy (non-hydrogen) atoms. The Bertz CT molecular complexity index is 573. The molecule has 1 unspecified atom stereocenters. The van der Waals surface area contributed by atoms with Gasteiger partial charge in [0.05, 0.1) is 0 Å². The number of anilines is 1. The van der Waals surface area contributed by atoms with Crippen LogP contribution in [-0.2, 0) is 12.8 Å². The van der Waals surface area contributed by atoms with Gasteiger partial charge in [-0.15, -0.1) is 5.10 Å². The lowest BCUT2D eigenvalue weighted by Gasteiger charge is -2.24. The Labute approximate surface area is 109 Å². The van der Waals surface area contributed by atoms with Crippen molar-refractivity contribution in [1.29, 1.82) is 0 Å². The summed E-state index contributed by atoms with van der Waals surface area (Å²) in [7, 11) is 0.